The van der Waals surface area contributed by atoms with E-state index in [2.05, 4.69) is 33.4 Å². The molecule has 0 aliphatic carbocycles. The smallest absolute Gasteiger partial charge is 0.148 e. The zero-order valence-corrected chi connectivity index (χ0v) is 14.5. The van der Waals surface area contributed by atoms with Gasteiger partial charge in [-0.05, 0) is 66.0 Å². The number of hydrogen-bond acceptors (Lipinski definition) is 2. The summed E-state index contributed by atoms with van der Waals surface area (Å²) in [6, 6.07) is 14.0. The fraction of sp³-hybridized carbons (Fsp3) is 0.235. The maximum Gasteiger partial charge on any atom is 0.148 e. The first-order valence-corrected chi connectivity index (χ1v) is 7.75. The molecule has 108 valence electrons. The van der Waals surface area contributed by atoms with Crippen LogP contribution in [0.15, 0.2) is 40.9 Å². The molecule has 0 aliphatic heterocycles. The van der Waals surface area contributed by atoms with E-state index < -0.39 is 5.54 Å². The Labute approximate surface area is 138 Å². The van der Waals surface area contributed by atoms with Crippen LogP contribution in [0.5, 0.6) is 0 Å². The number of nitrogens with one attached hydrogen (secondary N) is 1. The summed E-state index contributed by atoms with van der Waals surface area (Å²) >= 11 is 9.41. The van der Waals surface area contributed by atoms with Crippen molar-refractivity contribution in [3.05, 3.63) is 62.6 Å². The number of nitriles is 1. The monoisotopic (exact) mass is 362 g/mol. The first-order chi connectivity index (χ1) is 9.85. The Morgan fingerprint density at radius 3 is 2.48 bits per heavy atom. The van der Waals surface area contributed by atoms with E-state index in [0.717, 1.165) is 21.3 Å². The zero-order valence-electron chi connectivity index (χ0n) is 12.2. The number of nitrogens with zero attached hydrogens (tertiary/aromatic N) is 1. The van der Waals surface area contributed by atoms with Gasteiger partial charge in [-0.15, -0.1) is 0 Å². The van der Waals surface area contributed by atoms with E-state index in [9.17, 15) is 5.26 Å². The predicted octanol–water partition coefficient (Wildman–Crippen LogP) is 5.57. The number of benzene rings is 2. The summed E-state index contributed by atoms with van der Waals surface area (Å²) in [7, 11) is 0. The highest BCUT2D eigenvalue weighted by molar-refractivity contribution is 9.10. The van der Waals surface area contributed by atoms with Crippen LogP contribution in [-0.2, 0) is 5.54 Å². The highest BCUT2D eigenvalue weighted by Crippen LogP contribution is 2.31. The lowest BCUT2D eigenvalue weighted by Gasteiger charge is -2.27. The predicted molar refractivity (Wildman–Crippen MR) is 91.7 cm³/mol. The van der Waals surface area contributed by atoms with Gasteiger partial charge in [0.25, 0.3) is 0 Å². The number of hydrogen-bond donors (Lipinski definition) is 1. The zero-order chi connectivity index (χ0) is 15.6. The largest absolute Gasteiger partial charge is 0.364 e. The molecule has 2 rings (SSSR count). The molecular formula is C17H16BrClN2. The van der Waals surface area contributed by atoms with Gasteiger partial charge in [-0.2, -0.15) is 5.26 Å². The van der Waals surface area contributed by atoms with Gasteiger partial charge < -0.3 is 5.32 Å². The Morgan fingerprint density at radius 2 is 1.90 bits per heavy atom. The van der Waals surface area contributed by atoms with Gasteiger partial charge in [-0.1, -0.05) is 35.4 Å². The molecule has 0 bridgehead atoms. The maximum absolute atomic E-state index is 9.67. The van der Waals surface area contributed by atoms with Gasteiger partial charge in [-0.25, -0.2) is 0 Å². The highest BCUT2D eigenvalue weighted by Gasteiger charge is 2.28. The SMILES string of the molecule is Cc1ccc(C(C)(C#N)Nc2ccc(Cl)c(Br)c2)c(C)c1. The third-order valence-corrected chi connectivity index (χ3v) is 4.67. The number of halogens is 2. The Bertz CT molecular complexity index is 721. The molecule has 2 aromatic rings. The molecule has 0 aromatic heterocycles. The second-order valence-electron chi connectivity index (χ2n) is 5.31. The van der Waals surface area contributed by atoms with Crippen LogP contribution in [0.4, 0.5) is 5.69 Å². The van der Waals surface area contributed by atoms with Gasteiger partial charge >= 0.3 is 0 Å². The molecule has 0 amide bonds. The Hall–Kier alpha value is -1.50. The van der Waals surface area contributed by atoms with E-state index in [0.29, 0.717) is 5.02 Å². The summed E-state index contributed by atoms with van der Waals surface area (Å²) in [5.41, 5.74) is 3.30. The topological polar surface area (TPSA) is 35.8 Å². The molecule has 0 spiro atoms. The van der Waals surface area contributed by atoms with E-state index in [-0.39, 0.29) is 0 Å². The highest BCUT2D eigenvalue weighted by atomic mass is 79.9. The van der Waals surface area contributed by atoms with Crippen LogP contribution in [-0.4, -0.2) is 0 Å². The quantitative estimate of drug-likeness (QED) is 0.773. The fourth-order valence-electron chi connectivity index (χ4n) is 2.39. The molecule has 1 atom stereocenters. The van der Waals surface area contributed by atoms with Crippen molar-refractivity contribution in [3.63, 3.8) is 0 Å². The average molecular weight is 364 g/mol. The van der Waals surface area contributed by atoms with Crippen LogP contribution < -0.4 is 5.32 Å². The molecule has 1 N–H and O–H groups in total. The van der Waals surface area contributed by atoms with Crippen molar-refractivity contribution in [1.29, 1.82) is 5.26 Å². The third-order valence-electron chi connectivity index (χ3n) is 3.46. The van der Waals surface area contributed by atoms with Crippen molar-refractivity contribution in [1.82, 2.24) is 0 Å². The van der Waals surface area contributed by atoms with Crippen molar-refractivity contribution >= 4 is 33.2 Å². The molecule has 21 heavy (non-hydrogen) atoms. The second kappa shape index (κ2) is 6.09. The third kappa shape index (κ3) is 3.40. The molecule has 2 aromatic carbocycles. The molecule has 0 aliphatic rings. The van der Waals surface area contributed by atoms with Gasteiger partial charge in [0, 0.05) is 10.2 Å². The Balaban J connectivity index is 2.41. The van der Waals surface area contributed by atoms with E-state index in [4.69, 9.17) is 11.6 Å². The molecule has 2 nitrogen and oxygen atoms in total. The first kappa shape index (κ1) is 15.9. The van der Waals surface area contributed by atoms with E-state index in [1.54, 1.807) is 6.07 Å². The molecule has 0 fully saturated rings. The van der Waals surface area contributed by atoms with Crippen molar-refractivity contribution in [2.24, 2.45) is 0 Å². The molecule has 4 heteroatoms. The van der Waals surface area contributed by atoms with Crippen LogP contribution in [0.25, 0.3) is 0 Å². The number of rotatable bonds is 3. The van der Waals surface area contributed by atoms with E-state index in [1.807, 2.05) is 45.0 Å². The van der Waals surface area contributed by atoms with Crippen molar-refractivity contribution < 1.29 is 0 Å². The van der Waals surface area contributed by atoms with Gasteiger partial charge in [-0.3, -0.25) is 0 Å². The van der Waals surface area contributed by atoms with Crippen LogP contribution in [0.2, 0.25) is 5.02 Å². The summed E-state index contributed by atoms with van der Waals surface area (Å²) in [6.07, 6.45) is 0. The van der Waals surface area contributed by atoms with Crippen LogP contribution in [0.3, 0.4) is 0 Å². The molecule has 0 saturated carbocycles. The van der Waals surface area contributed by atoms with Crippen LogP contribution in [0.1, 0.15) is 23.6 Å². The van der Waals surface area contributed by atoms with Gasteiger partial charge in [0.2, 0.25) is 0 Å². The Kier molecular flexibility index (Phi) is 4.61. The number of anilines is 1. The lowest BCUT2D eigenvalue weighted by molar-refractivity contribution is 0.700. The van der Waals surface area contributed by atoms with Crippen LogP contribution in [0, 0.1) is 25.2 Å². The second-order valence-corrected chi connectivity index (χ2v) is 6.57. The molecule has 0 saturated heterocycles. The van der Waals surface area contributed by atoms with Gasteiger partial charge in [0.1, 0.15) is 5.54 Å². The standard InChI is InChI=1S/C17H16BrClN2/c1-11-4-6-14(12(2)8-11)17(3,10-20)21-13-5-7-16(19)15(18)9-13/h4-9,21H,1-3H3. The maximum atomic E-state index is 9.67. The summed E-state index contributed by atoms with van der Waals surface area (Å²) in [4.78, 5) is 0. The van der Waals surface area contributed by atoms with Gasteiger partial charge in [0.15, 0.2) is 0 Å². The van der Waals surface area contributed by atoms with E-state index in [1.165, 1.54) is 5.56 Å². The van der Waals surface area contributed by atoms with Crippen molar-refractivity contribution in [2.45, 2.75) is 26.3 Å². The lowest BCUT2D eigenvalue weighted by Crippen LogP contribution is -2.31. The van der Waals surface area contributed by atoms with Crippen LogP contribution >= 0.6 is 27.5 Å². The fourth-order valence-corrected chi connectivity index (χ4v) is 2.89. The summed E-state index contributed by atoms with van der Waals surface area (Å²) in [6.45, 7) is 5.95. The number of aryl methyl sites for hydroxylation is 2. The molecule has 0 heterocycles. The first-order valence-electron chi connectivity index (χ1n) is 6.58. The van der Waals surface area contributed by atoms with Crippen molar-refractivity contribution in [3.8, 4) is 6.07 Å². The average Bonchev–Trinajstić information content (AvgIpc) is 2.42. The molecule has 1 unspecified atom stereocenters. The Morgan fingerprint density at radius 1 is 1.19 bits per heavy atom. The molecular weight excluding hydrogens is 348 g/mol. The minimum atomic E-state index is -0.801. The summed E-state index contributed by atoms with van der Waals surface area (Å²) < 4.78 is 0.801. The van der Waals surface area contributed by atoms with Crippen molar-refractivity contribution in [2.75, 3.05) is 5.32 Å². The van der Waals surface area contributed by atoms with E-state index >= 15 is 0 Å². The van der Waals surface area contributed by atoms with Gasteiger partial charge in [0.05, 0.1) is 11.1 Å². The summed E-state index contributed by atoms with van der Waals surface area (Å²) in [5, 5.41) is 13.6. The normalized spacial score (nSPS) is 13.3. The summed E-state index contributed by atoms with van der Waals surface area (Å²) in [5.74, 6) is 0. The minimum absolute atomic E-state index is 0.644. The minimum Gasteiger partial charge on any atom is -0.364 e. The molecule has 0 radical (unpaired) electrons. The lowest BCUT2D eigenvalue weighted by atomic mass is 9.88.